The fourth-order valence-corrected chi connectivity index (χ4v) is 2.57. The smallest absolute Gasteiger partial charge is 0.276 e. The zero-order valence-corrected chi connectivity index (χ0v) is 12.5. The van der Waals surface area contributed by atoms with Crippen LogP contribution in [0, 0.1) is 6.92 Å². The molecule has 0 aliphatic heterocycles. The lowest BCUT2D eigenvalue weighted by atomic mass is 9.94. The SMILES string of the molecule is CCNC(C)(CCCCSc1nnc(C)o1)C(N)=O. The molecule has 0 aliphatic carbocycles. The van der Waals surface area contributed by atoms with Gasteiger partial charge in [0, 0.05) is 12.7 Å². The maximum absolute atomic E-state index is 11.4. The highest BCUT2D eigenvalue weighted by Crippen LogP contribution is 2.19. The molecule has 1 atom stereocenters. The molecule has 1 unspecified atom stereocenters. The number of primary amides is 1. The first-order valence-electron chi connectivity index (χ1n) is 6.46. The number of unbranched alkanes of at least 4 members (excludes halogenated alkanes) is 1. The number of hydrogen-bond acceptors (Lipinski definition) is 6. The van der Waals surface area contributed by atoms with Crippen LogP contribution in [0.25, 0.3) is 0 Å². The first-order valence-corrected chi connectivity index (χ1v) is 7.44. The third kappa shape index (κ3) is 5.20. The van der Waals surface area contributed by atoms with Crippen LogP contribution in [0.15, 0.2) is 9.64 Å². The Hall–Kier alpha value is -1.08. The van der Waals surface area contributed by atoms with Gasteiger partial charge in [-0.05, 0) is 26.3 Å². The van der Waals surface area contributed by atoms with Crippen molar-refractivity contribution in [2.45, 2.75) is 50.8 Å². The summed E-state index contributed by atoms with van der Waals surface area (Å²) in [6, 6.07) is 0. The summed E-state index contributed by atoms with van der Waals surface area (Å²) >= 11 is 1.54. The van der Waals surface area contributed by atoms with Gasteiger partial charge in [0.2, 0.25) is 11.8 Å². The third-order valence-corrected chi connectivity index (χ3v) is 3.82. The van der Waals surface area contributed by atoms with Crippen molar-refractivity contribution in [2.24, 2.45) is 5.73 Å². The van der Waals surface area contributed by atoms with Crippen molar-refractivity contribution in [2.75, 3.05) is 12.3 Å². The Morgan fingerprint density at radius 3 is 2.74 bits per heavy atom. The van der Waals surface area contributed by atoms with Crippen molar-refractivity contribution in [1.29, 1.82) is 0 Å². The van der Waals surface area contributed by atoms with Crippen LogP contribution in [-0.4, -0.2) is 33.9 Å². The Bertz CT molecular complexity index is 410. The summed E-state index contributed by atoms with van der Waals surface area (Å²) in [5, 5.41) is 11.4. The highest BCUT2D eigenvalue weighted by molar-refractivity contribution is 7.99. The van der Waals surface area contributed by atoms with Gasteiger partial charge in [-0.2, -0.15) is 0 Å². The predicted molar refractivity (Wildman–Crippen MR) is 74.9 cm³/mol. The second kappa shape index (κ2) is 7.49. The van der Waals surface area contributed by atoms with Gasteiger partial charge in [-0.25, -0.2) is 0 Å². The van der Waals surface area contributed by atoms with Gasteiger partial charge in [-0.15, -0.1) is 10.2 Å². The van der Waals surface area contributed by atoms with Crippen molar-refractivity contribution >= 4 is 17.7 Å². The summed E-state index contributed by atoms with van der Waals surface area (Å²) in [4.78, 5) is 11.4. The molecular formula is C12H22N4O2S. The quantitative estimate of drug-likeness (QED) is 0.527. The van der Waals surface area contributed by atoms with Crippen LogP contribution in [-0.2, 0) is 4.79 Å². The van der Waals surface area contributed by atoms with Crippen molar-refractivity contribution in [3.63, 3.8) is 0 Å². The zero-order chi connectivity index (χ0) is 14.3. The molecule has 108 valence electrons. The Labute approximate surface area is 117 Å². The lowest BCUT2D eigenvalue weighted by Crippen LogP contribution is -2.52. The number of thioether (sulfide) groups is 1. The number of aromatic nitrogens is 2. The van der Waals surface area contributed by atoms with Crippen molar-refractivity contribution in [3.8, 4) is 0 Å². The normalized spacial score (nSPS) is 14.3. The Balaban J connectivity index is 2.24. The van der Waals surface area contributed by atoms with E-state index in [0.717, 1.165) is 31.6 Å². The van der Waals surface area contributed by atoms with E-state index in [1.165, 1.54) is 11.8 Å². The highest BCUT2D eigenvalue weighted by atomic mass is 32.2. The third-order valence-electron chi connectivity index (χ3n) is 2.91. The molecule has 0 saturated heterocycles. The van der Waals surface area contributed by atoms with E-state index in [-0.39, 0.29) is 5.91 Å². The fourth-order valence-electron chi connectivity index (χ4n) is 1.77. The Kier molecular flexibility index (Phi) is 6.30. The van der Waals surface area contributed by atoms with Crippen LogP contribution in [0.1, 0.15) is 39.0 Å². The molecule has 0 spiro atoms. The van der Waals surface area contributed by atoms with Gasteiger partial charge in [-0.3, -0.25) is 4.79 Å². The molecule has 0 fully saturated rings. The number of likely N-dealkylation sites (N-methyl/N-ethyl adjacent to an activating group) is 1. The molecule has 0 radical (unpaired) electrons. The summed E-state index contributed by atoms with van der Waals surface area (Å²) in [7, 11) is 0. The van der Waals surface area contributed by atoms with Gasteiger partial charge in [0.25, 0.3) is 5.22 Å². The maximum atomic E-state index is 11.4. The Morgan fingerprint density at radius 1 is 1.47 bits per heavy atom. The number of nitrogens with zero attached hydrogens (tertiary/aromatic N) is 2. The van der Waals surface area contributed by atoms with E-state index in [0.29, 0.717) is 11.1 Å². The summed E-state index contributed by atoms with van der Waals surface area (Å²) < 4.78 is 5.26. The number of rotatable bonds is 9. The molecule has 1 heterocycles. The lowest BCUT2D eigenvalue weighted by molar-refractivity contribution is -0.124. The first-order chi connectivity index (χ1) is 8.98. The summed E-state index contributed by atoms with van der Waals surface area (Å²) in [5.74, 6) is 1.17. The molecule has 7 heteroatoms. The number of hydrogen-bond donors (Lipinski definition) is 2. The molecule has 19 heavy (non-hydrogen) atoms. The van der Waals surface area contributed by atoms with E-state index in [9.17, 15) is 4.79 Å². The second-order valence-corrected chi connectivity index (χ2v) is 5.67. The minimum absolute atomic E-state index is 0.297. The van der Waals surface area contributed by atoms with Gasteiger partial charge in [0.1, 0.15) is 0 Å². The van der Waals surface area contributed by atoms with Crippen LogP contribution in [0.4, 0.5) is 0 Å². The van der Waals surface area contributed by atoms with Gasteiger partial charge in [0.05, 0.1) is 5.54 Å². The van der Waals surface area contributed by atoms with Crippen LogP contribution in [0.2, 0.25) is 0 Å². The van der Waals surface area contributed by atoms with Crippen LogP contribution >= 0.6 is 11.8 Å². The summed E-state index contributed by atoms with van der Waals surface area (Å²) in [6.07, 6.45) is 2.63. The fraction of sp³-hybridized carbons (Fsp3) is 0.750. The molecular weight excluding hydrogens is 264 g/mol. The summed E-state index contributed by atoms with van der Waals surface area (Å²) in [6.45, 7) is 6.32. The molecule has 0 saturated carbocycles. The molecule has 1 rings (SSSR count). The Morgan fingerprint density at radius 2 is 2.21 bits per heavy atom. The average molecular weight is 286 g/mol. The minimum atomic E-state index is -0.611. The standard InChI is InChI=1S/C12H22N4O2S/c1-4-14-12(3,10(13)17)7-5-6-8-19-11-16-15-9(2)18-11/h14H,4-8H2,1-3H3,(H2,13,17). The second-order valence-electron chi connectivity index (χ2n) is 4.62. The maximum Gasteiger partial charge on any atom is 0.276 e. The van der Waals surface area contributed by atoms with Crippen LogP contribution in [0.3, 0.4) is 0 Å². The number of nitrogens with two attached hydrogens (primary N) is 1. The topological polar surface area (TPSA) is 94.0 Å². The summed E-state index contributed by atoms with van der Waals surface area (Å²) in [5.41, 5.74) is 4.82. The van der Waals surface area contributed by atoms with Crippen molar-refractivity contribution < 1.29 is 9.21 Å². The number of carbonyl (C=O) groups excluding carboxylic acids is 1. The lowest BCUT2D eigenvalue weighted by Gasteiger charge is -2.26. The monoisotopic (exact) mass is 286 g/mol. The number of aryl methyl sites for hydroxylation is 1. The highest BCUT2D eigenvalue weighted by Gasteiger charge is 2.28. The number of carbonyl (C=O) groups is 1. The van der Waals surface area contributed by atoms with Gasteiger partial charge < -0.3 is 15.5 Å². The van der Waals surface area contributed by atoms with E-state index >= 15 is 0 Å². The van der Waals surface area contributed by atoms with Gasteiger partial charge in [-0.1, -0.05) is 25.1 Å². The molecule has 3 N–H and O–H groups in total. The minimum Gasteiger partial charge on any atom is -0.416 e. The van der Waals surface area contributed by atoms with Crippen LogP contribution < -0.4 is 11.1 Å². The average Bonchev–Trinajstić information content (AvgIpc) is 2.75. The number of nitrogens with one attached hydrogen (secondary N) is 1. The van der Waals surface area contributed by atoms with E-state index in [1.54, 1.807) is 6.92 Å². The number of amides is 1. The molecule has 6 nitrogen and oxygen atoms in total. The molecule has 1 aromatic rings. The first kappa shape index (κ1) is 16.0. The van der Waals surface area contributed by atoms with Gasteiger partial charge in [0.15, 0.2) is 0 Å². The van der Waals surface area contributed by atoms with Crippen LogP contribution in [0.5, 0.6) is 0 Å². The molecule has 0 aliphatic rings. The molecule has 1 aromatic heterocycles. The van der Waals surface area contributed by atoms with Gasteiger partial charge >= 0.3 is 0 Å². The predicted octanol–water partition coefficient (Wildman–Crippen LogP) is 1.49. The molecule has 1 amide bonds. The molecule has 0 aromatic carbocycles. The van der Waals surface area contributed by atoms with Crippen molar-refractivity contribution in [3.05, 3.63) is 5.89 Å². The van der Waals surface area contributed by atoms with Crippen molar-refractivity contribution in [1.82, 2.24) is 15.5 Å². The van der Waals surface area contributed by atoms with E-state index in [4.69, 9.17) is 10.2 Å². The van der Waals surface area contributed by atoms with E-state index in [2.05, 4.69) is 15.5 Å². The van der Waals surface area contributed by atoms with E-state index < -0.39 is 5.54 Å². The van der Waals surface area contributed by atoms with E-state index in [1.807, 2.05) is 13.8 Å². The molecule has 0 bridgehead atoms. The zero-order valence-electron chi connectivity index (χ0n) is 11.7. The largest absolute Gasteiger partial charge is 0.416 e.